The molecule has 1 saturated heterocycles. The summed E-state index contributed by atoms with van der Waals surface area (Å²) < 4.78 is 12.5. The largest absolute Gasteiger partial charge is 0.492 e. The highest BCUT2D eigenvalue weighted by molar-refractivity contribution is 14.1. The van der Waals surface area contributed by atoms with Crippen LogP contribution in [0.15, 0.2) is 17.0 Å². The highest BCUT2D eigenvalue weighted by Crippen LogP contribution is 2.34. The molecule has 23 heavy (non-hydrogen) atoms. The van der Waals surface area contributed by atoms with Gasteiger partial charge in [-0.2, -0.15) is 0 Å². The van der Waals surface area contributed by atoms with E-state index in [1.165, 1.54) is 4.90 Å². The number of hydrogen-bond donors (Lipinski definition) is 0. The second kappa shape index (κ2) is 8.67. The fourth-order valence-electron chi connectivity index (χ4n) is 1.97. The molecule has 1 fully saturated rings. The van der Waals surface area contributed by atoms with Gasteiger partial charge in [0.1, 0.15) is 5.75 Å². The molecule has 1 aromatic rings. The van der Waals surface area contributed by atoms with Crippen LogP contribution in [0.1, 0.15) is 12.5 Å². The topological polar surface area (TPSA) is 55.8 Å². The molecule has 8 heteroatoms. The average Bonchev–Trinajstić information content (AvgIpc) is 2.75. The predicted molar refractivity (Wildman–Crippen MR) is 108 cm³/mol. The lowest BCUT2D eigenvalue weighted by Gasteiger charge is -2.11. The number of methoxy groups -OCH3 is 1. The van der Waals surface area contributed by atoms with Crippen molar-refractivity contribution in [2.45, 2.75) is 6.92 Å². The molecule has 2 amide bonds. The lowest BCUT2D eigenvalue weighted by Crippen LogP contribution is -2.31. The third kappa shape index (κ3) is 4.60. The van der Waals surface area contributed by atoms with Crippen LogP contribution in [-0.4, -0.2) is 42.9 Å². The number of nitrogens with zero attached hydrogens (tertiary/aromatic N) is 1. The van der Waals surface area contributed by atoms with Crippen LogP contribution >= 0.6 is 56.9 Å². The van der Waals surface area contributed by atoms with E-state index in [2.05, 4.69) is 45.2 Å². The molecule has 0 saturated carbocycles. The zero-order valence-corrected chi connectivity index (χ0v) is 17.7. The summed E-state index contributed by atoms with van der Waals surface area (Å²) in [4.78, 5) is 25.9. The van der Waals surface area contributed by atoms with Gasteiger partial charge in [0.15, 0.2) is 0 Å². The minimum Gasteiger partial charge on any atom is -0.492 e. The first kappa shape index (κ1) is 19.0. The maximum atomic E-state index is 12.3. The molecule has 0 bridgehead atoms. The van der Waals surface area contributed by atoms with E-state index in [9.17, 15) is 9.59 Å². The third-order valence-electron chi connectivity index (χ3n) is 3.00. The monoisotopic (exact) mass is 559 g/mol. The van der Waals surface area contributed by atoms with Gasteiger partial charge >= 0.3 is 0 Å². The van der Waals surface area contributed by atoms with Crippen LogP contribution in [0.5, 0.6) is 5.75 Å². The first-order valence-corrected chi connectivity index (χ1v) is 9.81. The number of rotatable bonds is 6. The van der Waals surface area contributed by atoms with Crippen molar-refractivity contribution in [3.05, 3.63) is 29.7 Å². The summed E-state index contributed by atoms with van der Waals surface area (Å²) in [6.45, 7) is 3.15. The van der Waals surface area contributed by atoms with Gasteiger partial charge in [0.25, 0.3) is 11.1 Å². The smallest absolute Gasteiger partial charge is 0.293 e. The van der Waals surface area contributed by atoms with Crippen LogP contribution < -0.4 is 4.74 Å². The summed E-state index contributed by atoms with van der Waals surface area (Å²) in [5, 5.41) is -0.256. The van der Waals surface area contributed by atoms with E-state index in [0.29, 0.717) is 18.1 Å². The molecule has 0 aliphatic carbocycles. The Kier molecular flexibility index (Phi) is 7.17. The normalized spacial score (nSPS) is 16.5. The first-order valence-electron chi connectivity index (χ1n) is 6.84. The summed E-state index contributed by atoms with van der Waals surface area (Å²) in [6, 6.07) is 3.88. The predicted octanol–water partition coefficient (Wildman–Crippen LogP) is 3.98. The molecule has 1 aliphatic heterocycles. The van der Waals surface area contributed by atoms with E-state index >= 15 is 0 Å². The van der Waals surface area contributed by atoms with Crippen LogP contribution in [0, 0.1) is 7.14 Å². The Hall–Kier alpha value is -0.330. The van der Waals surface area contributed by atoms with Crippen LogP contribution in [0.3, 0.4) is 0 Å². The Morgan fingerprint density at radius 3 is 2.48 bits per heavy atom. The lowest BCUT2D eigenvalue weighted by molar-refractivity contribution is -0.123. The number of carbonyl (C=O) groups is 2. The number of benzene rings is 1. The minimum atomic E-state index is -0.268. The molecule has 0 radical (unpaired) electrons. The van der Waals surface area contributed by atoms with E-state index in [0.717, 1.165) is 30.2 Å². The van der Waals surface area contributed by atoms with Gasteiger partial charge in [-0.1, -0.05) is 0 Å². The molecule has 0 spiro atoms. The Morgan fingerprint density at radius 2 is 1.91 bits per heavy atom. The number of thioether (sulfide) groups is 1. The summed E-state index contributed by atoms with van der Waals surface area (Å²) in [6.07, 6.45) is 1.75. The molecule has 124 valence electrons. The number of ether oxygens (including phenoxy) is 2. The van der Waals surface area contributed by atoms with Crippen molar-refractivity contribution in [1.82, 2.24) is 4.90 Å². The average molecular weight is 559 g/mol. The number of amides is 2. The second-order valence-electron chi connectivity index (χ2n) is 4.57. The number of hydrogen-bond acceptors (Lipinski definition) is 5. The zero-order valence-electron chi connectivity index (χ0n) is 12.6. The molecule has 0 atom stereocenters. The molecule has 5 nitrogen and oxygen atoms in total. The molecule has 2 rings (SSSR count). The Balaban J connectivity index is 2.25. The number of carbonyl (C=O) groups excluding carboxylic acids is 2. The highest BCUT2D eigenvalue weighted by atomic mass is 127. The van der Waals surface area contributed by atoms with Gasteiger partial charge in [-0.15, -0.1) is 0 Å². The van der Waals surface area contributed by atoms with Crippen molar-refractivity contribution < 1.29 is 19.1 Å². The van der Waals surface area contributed by atoms with Gasteiger partial charge < -0.3 is 9.47 Å². The van der Waals surface area contributed by atoms with E-state index in [-0.39, 0.29) is 17.7 Å². The fraction of sp³-hybridized carbons (Fsp3) is 0.333. The van der Waals surface area contributed by atoms with Crippen molar-refractivity contribution in [3.63, 3.8) is 0 Å². The number of halogens is 2. The maximum absolute atomic E-state index is 12.3. The number of imide groups is 1. The van der Waals surface area contributed by atoms with Gasteiger partial charge in [0.2, 0.25) is 0 Å². The Bertz CT molecular complexity index is 640. The quantitative estimate of drug-likeness (QED) is 0.390. The van der Waals surface area contributed by atoms with Gasteiger partial charge in [-0.25, -0.2) is 0 Å². The summed E-state index contributed by atoms with van der Waals surface area (Å²) >= 11 is 5.38. The van der Waals surface area contributed by atoms with E-state index in [1.807, 2.05) is 19.1 Å². The first-order chi connectivity index (χ1) is 11.0. The second-order valence-corrected chi connectivity index (χ2v) is 7.89. The fourth-order valence-corrected chi connectivity index (χ4v) is 4.96. The van der Waals surface area contributed by atoms with Gasteiger partial charge in [-0.3, -0.25) is 14.5 Å². The van der Waals surface area contributed by atoms with Crippen molar-refractivity contribution in [2.24, 2.45) is 0 Å². The molecule has 0 N–H and O–H groups in total. The maximum Gasteiger partial charge on any atom is 0.293 e. The van der Waals surface area contributed by atoms with Crippen LogP contribution in [0.2, 0.25) is 0 Å². The Labute approximate surface area is 166 Å². The van der Waals surface area contributed by atoms with Crippen molar-refractivity contribution in [1.29, 1.82) is 0 Å². The highest BCUT2D eigenvalue weighted by Gasteiger charge is 2.34. The third-order valence-corrected chi connectivity index (χ3v) is 5.51. The van der Waals surface area contributed by atoms with Crippen LogP contribution in [-0.2, 0) is 9.53 Å². The summed E-state index contributed by atoms with van der Waals surface area (Å²) in [7, 11) is 1.54. The zero-order chi connectivity index (χ0) is 17.0. The summed E-state index contributed by atoms with van der Waals surface area (Å²) in [5.74, 6) is 0.579. The van der Waals surface area contributed by atoms with Gasteiger partial charge in [0.05, 0.1) is 31.8 Å². The van der Waals surface area contributed by atoms with Crippen molar-refractivity contribution in [3.8, 4) is 5.75 Å². The molecular weight excluding hydrogens is 544 g/mol. The molecule has 0 unspecified atom stereocenters. The standard InChI is InChI=1S/C15H15I2NO4S/c1-3-22-13-10(16)6-9(7-11(13)17)8-12-14(19)18(4-5-21-2)15(20)23-12/h6-8H,3-5H2,1-2H3/b12-8+. The van der Waals surface area contributed by atoms with Crippen molar-refractivity contribution >= 4 is 74.2 Å². The summed E-state index contributed by atoms with van der Waals surface area (Å²) in [5.41, 5.74) is 0.875. The molecule has 0 aromatic heterocycles. The van der Waals surface area contributed by atoms with E-state index in [4.69, 9.17) is 9.47 Å². The SMILES string of the molecule is CCOc1c(I)cc(/C=C2/SC(=O)N(CCOC)C2=O)cc1I. The van der Waals surface area contributed by atoms with Gasteiger partial charge in [-0.05, 0) is 87.6 Å². The van der Waals surface area contributed by atoms with Gasteiger partial charge in [0, 0.05) is 7.11 Å². The van der Waals surface area contributed by atoms with E-state index in [1.54, 1.807) is 13.2 Å². The molecule has 1 heterocycles. The molecule has 1 aromatic carbocycles. The Morgan fingerprint density at radius 1 is 1.26 bits per heavy atom. The molecule has 1 aliphatic rings. The lowest BCUT2D eigenvalue weighted by atomic mass is 10.2. The van der Waals surface area contributed by atoms with Crippen LogP contribution in [0.25, 0.3) is 6.08 Å². The van der Waals surface area contributed by atoms with E-state index < -0.39 is 0 Å². The molecular formula is C15H15I2NO4S. The minimum absolute atomic E-state index is 0.256. The van der Waals surface area contributed by atoms with Crippen molar-refractivity contribution in [2.75, 3.05) is 26.9 Å². The van der Waals surface area contributed by atoms with Crippen LogP contribution in [0.4, 0.5) is 4.79 Å².